The van der Waals surface area contributed by atoms with Gasteiger partial charge in [-0.3, -0.25) is 0 Å². The van der Waals surface area contributed by atoms with Crippen molar-refractivity contribution in [3.63, 3.8) is 0 Å². The molecule has 0 saturated carbocycles. The highest BCUT2D eigenvalue weighted by Gasteiger charge is 2.34. The van der Waals surface area contributed by atoms with E-state index in [2.05, 4.69) is 37.7 Å². The van der Waals surface area contributed by atoms with E-state index < -0.39 is 0 Å². The Hall–Kier alpha value is -0.380. The molecule has 1 aromatic rings. The SMILES string of the molecule is CCC1OCCC1C(NC)c1sccc1C. The van der Waals surface area contributed by atoms with Gasteiger partial charge in [0.15, 0.2) is 0 Å². The third-order valence-corrected chi connectivity index (χ3v) is 4.69. The Morgan fingerprint density at radius 3 is 3.00 bits per heavy atom. The van der Waals surface area contributed by atoms with Crippen LogP contribution in [-0.4, -0.2) is 19.8 Å². The van der Waals surface area contributed by atoms with E-state index in [-0.39, 0.29) is 0 Å². The molecule has 1 aliphatic heterocycles. The van der Waals surface area contributed by atoms with Crippen LogP contribution >= 0.6 is 11.3 Å². The van der Waals surface area contributed by atoms with Crippen molar-refractivity contribution in [2.75, 3.05) is 13.7 Å². The molecule has 0 radical (unpaired) electrons. The van der Waals surface area contributed by atoms with Crippen LogP contribution in [0.3, 0.4) is 0 Å². The molecule has 2 nitrogen and oxygen atoms in total. The van der Waals surface area contributed by atoms with Crippen molar-refractivity contribution in [3.05, 3.63) is 21.9 Å². The number of hydrogen-bond acceptors (Lipinski definition) is 3. The third-order valence-electron chi connectivity index (χ3n) is 3.59. The van der Waals surface area contributed by atoms with E-state index in [1.807, 2.05) is 11.3 Å². The second kappa shape index (κ2) is 5.30. The molecule has 0 aliphatic carbocycles. The maximum absolute atomic E-state index is 5.80. The molecule has 0 bridgehead atoms. The first kappa shape index (κ1) is 12.1. The number of rotatable bonds is 4. The zero-order valence-corrected chi connectivity index (χ0v) is 11.1. The molecule has 0 amide bonds. The monoisotopic (exact) mass is 239 g/mol. The van der Waals surface area contributed by atoms with Gasteiger partial charge in [0.1, 0.15) is 0 Å². The third kappa shape index (κ3) is 2.17. The van der Waals surface area contributed by atoms with E-state index in [4.69, 9.17) is 4.74 Å². The summed E-state index contributed by atoms with van der Waals surface area (Å²) < 4.78 is 5.80. The molecule has 0 aromatic carbocycles. The van der Waals surface area contributed by atoms with E-state index in [0.717, 1.165) is 13.0 Å². The second-order valence-corrected chi connectivity index (χ2v) is 5.45. The molecule has 2 rings (SSSR count). The van der Waals surface area contributed by atoms with Crippen molar-refractivity contribution < 1.29 is 4.74 Å². The minimum Gasteiger partial charge on any atom is -0.378 e. The first-order valence-corrected chi connectivity index (χ1v) is 6.98. The normalized spacial score (nSPS) is 27.2. The molecule has 16 heavy (non-hydrogen) atoms. The van der Waals surface area contributed by atoms with Gasteiger partial charge >= 0.3 is 0 Å². The fourth-order valence-corrected chi connectivity index (χ4v) is 3.82. The Bertz CT molecular complexity index is 336. The summed E-state index contributed by atoms with van der Waals surface area (Å²) in [4.78, 5) is 1.48. The van der Waals surface area contributed by atoms with Crippen LogP contribution in [-0.2, 0) is 4.74 Å². The molecule has 3 unspecified atom stereocenters. The van der Waals surface area contributed by atoms with Gasteiger partial charge in [-0.2, -0.15) is 0 Å². The number of thiophene rings is 1. The lowest BCUT2D eigenvalue weighted by molar-refractivity contribution is 0.0785. The quantitative estimate of drug-likeness (QED) is 0.871. The van der Waals surface area contributed by atoms with Gasteiger partial charge in [-0.1, -0.05) is 6.92 Å². The first-order valence-electron chi connectivity index (χ1n) is 6.10. The highest BCUT2D eigenvalue weighted by Crippen LogP contribution is 2.37. The second-order valence-electron chi connectivity index (χ2n) is 4.50. The van der Waals surface area contributed by atoms with Gasteiger partial charge in [-0.05, 0) is 43.8 Å². The number of nitrogens with one attached hydrogen (secondary N) is 1. The van der Waals surface area contributed by atoms with Crippen LogP contribution in [0.1, 0.15) is 36.2 Å². The average Bonchev–Trinajstić information content (AvgIpc) is 2.90. The Labute approximate surface area is 102 Å². The van der Waals surface area contributed by atoms with E-state index in [1.54, 1.807) is 0 Å². The van der Waals surface area contributed by atoms with Crippen LogP contribution in [0, 0.1) is 12.8 Å². The molecule has 3 atom stereocenters. The summed E-state index contributed by atoms with van der Waals surface area (Å²) in [5.41, 5.74) is 1.41. The smallest absolute Gasteiger partial charge is 0.0620 e. The van der Waals surface area contributed by atoms with Crippen molar-refractivity contribution >= 4 is 11.3 Å². The molecule has 3 heteroatoms. The lowest BCUT2D eigenvalue weighted by Gasteiger charge is -2.26. The van der Waals surface area contributed by atoms with Gasteiger partial charge in [0.05, 0.1) is 6.10 Å². The predicted octanol–water partition coefficient (Wildman–Crippen LogP) is 3.13. The molecule has 90 valence electrons. The summed E-state index contributed by atoms with van der Waals surface area (Å²) in [5.74, 6) is 0.632. The van der Waals surface area contributed by atoms with Crippen molar-refractivity contribution in [2.24, 2.45) is 5.92 Å². The van der Waals surface area contributed by atoms with E-state index in [1.165, 1.54) is 16.9 Å². The molecule has 1 aliphatic rings. The van der Waals surface area contributed by atoms with Gasteiger partial charge < -0.3 is 10.1 Å². The summed E-state index contributed by atoms with van der Waals surface area (Å²) in [7, 11) is 2.06. The Morgan fingerprint density at radius 2 is 2.44 bits per heavy atom. The largest absolute Gasteiger partial charge is 0.378 e. The average molecular weight is 239 g/mol. The maximum Gasteiger partial charge on any atom is 0.0620 e. The lowest BCUT2D eigenvalue weighted by atomic mass is 9.89. The predicted molar refractivity (Wildman–Crippen MR) is 69.0 cm³/mol. The zero-order valence-electron chi connectivity index (χ0n) is 10.3. The Balaban J connectivity index is 2.19. The number of hydrogen-bond donors (Lipinski definition) is 1. The molecule has 1 aromatic heterocycles. The summed E-state index contributed by atoms with van der Waals surface area (Å²) >= 11 is 1.86. The van der Waals surface area contributed by atoms with Gasteiger partial charge in [-0.15, -0.1) is 11.3 Å². The van der Waals surface area contributed by atoms with Crippen LogP contribution in [0.4, 0.5) is 0 Å². The van der Waals surface area contributed by atoms with Crippen LogP contribution in [0.5, 0.6) is 0 Å². The van der Waals surface area contributed by atoms with Crippen molar-refractivity contribution in [1.29, 1.82) is 0 Å². The fourth-order valence-electron chi connectivity index (χ4n) is 2.71. The van der Waals surface area contributed by atoms with E-state index >= 15 is 0 Å². The molecule has 0 spiro atoms. The minimum atomic E-state index is 0.430. The van der Waals surface area contributed by atoms with Gasteiger partial charge in [0, 0.05) is 23.4 Å². The van der Waals surface area contributed by atoms with Crippen molar-refractivity contribution in [3.8, 4) is 0 Å². The molecule has 1 N–H and O–H groups in total. The maximum atomic E-state index is 5.80. The zero-order chi connectivity index (χ0) is 11.5. The standard InChI is InChI=1S/C13H21NOS/c1-4-11-10(5-7-15-11)12(14-3)13-9(2)6-8-16-13/h6,8,10-12,14H,4-5,7H2,1-3H3. The molecule has 1 saturated heterocycles. The lowest BCUT2D eigenvalue weighted by Crippen LogP contribution is -2.30. The van der Waals surface area contributed by atoms with Crippen molar-refractivity contribution in [1.82, 2.24) is 5.32 Å². The molecular formula is C13H21NOS. The van der Waals surface area contributed by atoms with Crippen LogP contribution in [0.25, 0.3) is 0 Å². The van der Waals surface area contributed by atoms with Gasteiger partial charge in [0.25, 0.3) is 0 Å². The van der Waals surface area contributed by atoms with E-state index in [9.17, 15) is 0 Å². The van der Waals surface area contributed by atoms with Gasteiger partial charge in [0.2, 0.25) is 0 Å². The summed E-state index contributed by atoms with van der Waals surface area (Å²) in [6.07, 6.45) is 2.73. The Morgan fingerprint density at radius 1 is 1.62 bits per heavy atom. The topological polar surface area (TPSA) is 21.3 Å². The van der Waals surface area contributed by atoms with Crippen LogP contribution in [0.2, 0.25) is 0 Å². The highest BCUT2D eigenvalue weighted by atomic mass is 32.1. The minimum absolute atomic E-state index is 0.430. The number of aryl methyl sites for hydroxylation is 1. The summed E-state index contributed by atoms with van der Waals surface area (Å²) in [6.45, 7) is 5.34. The van der Waals surface area contributed by atoms with Crippen LogP contribution < -0.4 is 5.32 Å². The Kier molecular flexibility index (Phi) is 4.00. The summed E-state index contributed by atoms with van der Waals surface area (Å²) in [6, 6.07) is 2.67. The molecule has 1 fully saturated rings. The molecular weight excluding hydrogens is 218 g/mol. The van der Waals surface area contributed by atoms with Crippen LogP contribution in [0.15, 0.2) is 11.4 Å². The highest BCUT2D eigenvalue weighted by molar-refractivity contribution is 7.10. The van der Waals surface area contributed by atoms with Gasteiger partial charge in [-0.25, -0.2) is 0 Å². The van der Waals surface area contributed by atoms with E-state index in [0.29, 0.717) is 18.1 Å². The molecule has 2 heterocycles. The van der Waals surface area contributed by atoms with Crippen molar-refractivity contribution in [2.45, 2.75) is 38.8 Å². The first-order chi connectivity index (χ1) is 7.77. The summed E-state index contributed by atoms with van der Waals surface area (Å²) in [5, 5.41) is 5.67. The fraction of sp³-hybridized carbons (Fsp3) is 0.692. The number of ether oxygens (including phenoxy) is 1.